The Balaban J connectivity index is 0.00000176. The Kier molecular flexibility index (Phi) is 5.26. The van der Waals surface area contributed by atoms with E-state index in [1.165, 1.54) is 11.6 Å². The highest BCUT2D eigenvalue weighted by Gasteiger charge is 2.13. The lowest BCUT2D eigenvalue weighted by Gasteiger charge is -2.01. The SMILES string of the molecule is O=[N+]([O-])c1cccc2c[n+](Cc3ccc(Br)cc3)ccc12.[Br-]. The molecule has 0 bridgehead atoms. The van der Waals surface area contributed by atoms with Crippen LogP contribution in [0.15, 0.2) is 65.4 Å². The second-order valence-electron chi connectivity index (χ2n) is 4.78. The van der Waals surface area contributed by atoms with E-state index in [-0.39, 0.29) is 27.6 Å². The Labute approximate surface area is 146 Å². The Morgan fingerprint density at radius 3 is 2.50 bits per heavy atom. The average molecular weight is 424 g/mol. The predicted molar refractivity (Wildman–Crippen MR) is 84.0 cm³/mol. The van der Waals surface area contributed by atoms with E-state index in [4.69, 9.17) is 0 Å². The van der Waals surface area contributed by atoms with Gasteiger partial charge in [0.05, 0.1) is 15.7 Å². The van der Waals surface area contributed by atoms with Crippen LogP contribution in [0.1, 0.15) is 5.56 Å². The largest absolute Gasteiger partial charge is 1.00 e. The van der Waals surface area contributed by atoms with Crippen LogP contribution in [0.25, 0.3) is 10.8 Å². The number of halogens is 2. The maximum absolute atomic E-state index is 11.0. The van der Waals surface area contributed by atoms with E-state index in [1.54, 1.807) is 12.1 Å². The van der Waals surface area contributed by atoms with Crippen LogP contribution in [0.4, 0.5) is 5.69 Å². The summed E-state index contributed by atoms with van der Waals surface area (Å²) in [5, 5.41) is 12.5. The van der Waals surface area contributed by atoms with E-state index >= 15 is 0 Å². The highest BCUT2D eigenvalue weighted by molar-refractivity contribution is 9.10. The third kappa shape index (κ3) is 3.51. The molecular formula is C16H12Br2N2O2. The standard InChI is InChI=1S/C16H12BrN2O2.BrH/c17-14-6-4-12(5-7-14)10-18-9-8-15-13(11-18)2-1-3-16(15)19(20)21;/h1-9,11H,10H2;1H/q+1;/p-1. The fourth-order valence-electron chi connectivity index (χ4n) is 2.31. The van der Waals surface area contributed by atoms with Crippen molar-refractivity contribution in [3.63, 3.8) is 0 Å². The van der Waals surface area contributed by atoms with Gasteiger partial charge in [-0.25, -0.2) is 4.57 Å². The number of non-ortho nitro benzene ring substituents is 1. The van der Waals surface area contributed by atoms with Gasteiger partial charge in [0, 0.05) is 22.2 Å². The molecular weight excluding hydrogens is 412 g/mol. The molecule has 0 radical (unpaired) electrons. The minimum Gasteiger partial charge on any atom is -1.00 e. The van der Waals surface area contributed by atoms with Crippen molar-refractivity contribution in [3.8, 4) is 0 Å². The molecule has 4 nitrogen and oxygen atoms in total. The molecule has 1 heterocycles. The number of nitro groups is 1. The Morgan fingerprint density at radius 1 is 1.09 bits per heavy atom. The van der Waals surface area contributed by atoms with E-state index in [1.807, 2.05) is 35.2 Å². The third-order valence-electron chi connectivity index (χ3n) is 3.33. The third-order valence-corrected chi connectivity index (χ3v) is 3.86. The molecule has 3 rings (SSSR count). The summed E-state index contributed by atoms with van der Waals surface area (Å²) in [6.45, 7) is 0.728. The monoisotopic (exact) mass is 422 g/mol. The first-order chi connectivity index (χ1) is 10.1. The fraction of sp³-hybridized carbons (Fsp3) is 0.0625. The van der Waals surface area contributed by atoms with Crippen LogP contribution >= 0.6 is 15.9 Å². The topological polar surface area (TPSA) is 47.0 Å². The summed E-state index contributed by atoms with van der Waals surface area (Å²) in [4.78, 5) is 10.7. The number of nitro benzene ring substituents is 1. The van der Waals surface area contributed by atoms with Crippen LogP contribution in [0.3, 0.4) is 0 Å². The van der Waals surface area contributed by atoms with Crippen molar-refractivity contribution in [3.05, 3.63) is 81.1 Å². The van der Waals surface area contributed by atoms with E-state index in [0.29, 0.717) is 5.39 Å². The molecule has 22 heavy (non-hydrogen) atoms. The zero-order chi connectivity index (χ0) is 14.8. The minimum atomic E-state index is -0.346. The second-order valence-corrected chi connectivity index (χ2v) is 5.70. The maximum Gasteiger partial charge on any atom is 0.277 e. The quantitative estimate of drug-likeness (QED) is 0.356. The lowest BCUT2D eigenvalue weighted by atomic mass is 10.1. The number of pyridine rings is 1. The smallest absolute Gasteiger partial charge is 0.277 e. The molecule has 0 atom stereocenters. The molecule has 3 aromatic rings. The van der Waals surface area contributed by atoms with Gasteiger partial charge < -0.3 is 17.0 Å². The molecule has 0 fully saturated rings. The van der Waals surface area contributed by atoms with Crippen molar-refractivity contribution in [2.75, 3.05) is 0 Å². The molecule has 6 heteroatoms. The van der Waals surface area contributed by atoms with Gasteiger partial charge in [-0.1, -0.05) is 34.1 Å². The van der Waals surface area contributed by atoms with Gasteiger partial charge in [0.2, 0.25) is 0 Å². The molecule has 0 spiro atoms. The molecule has 112 valence electrons. The number of hydrogen-bond acceptors (Lipinski definition) is 2. The normalized spacial score (nSPS) is 10.2. The molecule has 0 aliphatic heterocycles. The summed E-state index contributed by atoms with van der Waals surface area (Å²) in [5.74, 6) is 0. The fourth-order valence-corrected chi connectivity index (χ4v) is 2.58. The zero-order valence-electron chi connectivity index (χ0n) is 11.4. The van der Waals surface area contributed by atoms with Crippen molar-refractivity contribution < 1.29 is 26.5 Å². The van der Waals surface area contributed by atoms with E-state index < -0.39 is 0 Å². The van der Waals surface area contributed by atoms with E-state index in [9.17, 15) is 10.1 Å². The molecule has 0 saturated carbocycles. The van der Waals surface area contributed by atoms with Crippen LogP contribution in [-0.4, -0.2) is 4.92 Å². The first kappa shape index (κ1) is 16.6. The van der Waals surface area contributed by atoms with Crippen molar-refractivity contribution in [1.82, 2.24) is 0 Å². The van der Waals surface area contributed by atoms with Crippen LogP contribution in [0.5, 0.6) is 0 Å². The average Bonchev–Trinajstić information content (AvgIpc) is 2.48. The van der Waals surface area contributed by atoms with Gasteiger partial charge in [-0.2, -0.15) is 0 Å². The summed E-state index contributed by atoms with van der Waals surface area (Å²) in [6, 6.07) is 15.0. The number of aromatic nitrogens is 1. The summed E-state index contributed by atoms with van der Waals surface area (Å²) in [7, 11) is 0. The molecule has 0 aliphatic carbocycles. The van der Waals surface area contributed by atoms with E-state index in [2.05, 4.69) is 28.1 Å². The van der Waals surface area contributed by atoms with Crippen LogP contribution < -0.4 is 21.5 Å². The second kappa shape index (κ2) is 6.98. The molecule has 0 N–H and O–H groups in total. The summed E-state index contributed by atoms with van der Waals surface area (Å²) < 4.78 is 3.07. The number of nitrogens with zero attached hydrogens (tertiary/aromatic N) is 2. The zero-order valence-corrected chi connectivity index (χ0v) is 14.6. The van der Waals surface area contributed by atoms with Crippen LogP contribution in [0, 0.1) is 10.1 Å². The van der Waals surface area contributed by atoms with Gasteiger partial charge >= 0.3 is 0 Å². The van der Waals surface area contributed by atoms with Crippen molar-refractivity contribution in [2.24, 2.45) is 0 Å². The number of hydrogen-bond donors (Lipinski definition) is 0. The molecule has 0 saturated heterocycles. The lowest BCUT2D eigenvalue weighted by molar-refractivity contribution is -0.687. The van der Waals surface area contributed by atoms with E-state index in [0.717, 1.165) is 16.4 Å². The first-order valence-electron chi connectivity index (χ1n) is 6.44. The first-order valence-corrected chi connectivity index (χ1v) is 7.23. The van der Waals surface area contributed by atoms with Gasteiger partial charge in [-0.3, -0.25) is 10.1 Å². The van der Waals surface area contributed by atoms with Crippen LogP contribution in [-0.2, 0) is 6.54 Å². The molecule has 0 amide bonds. The summed E-state index contributed by atoms with van der Waals surface area (Å²) in [6.07, 6.45) is 3.81. The maximum atomic E-state index is 11.0. The minimum absolute atomic E-state index is 0. The van der Waals surface area contributed by atoms with Gasteiger partial charge in [-0.05, 0) is 18.2 Å². The van der Waals surface area contributed by atoms with Crippen molar-refractivity contribution in [2.45, 2.75) is 6.54 Å². The molecule has 1 aromatic heterocycles. The highest BCUT2D eigenvalue weighted by Crippen LogP contribution is 2.23. The number of rotatable bonds is 3. The number of benzene rings is 2. The molecule has 0 unspecified atom stereocenters. The van der Waals surface area contributed by atoms with Crippen LogP contribution in [0.2, 0.25) is 0 Å². The Hall–Kier alpha value is -1.79. The lowest BCUT2D eigenvalue weighted by Crippen LogP contribution is -3.00. The molecule has 2 aromatic carbocycles. The van der Waals surface area contributed by atoms with Gasteiger partial charge in [0.25, 0.3) is 5.69 Å². The van der Waals surface area contributed by atoms with Crippen molar-refractivity contribution >= 4 is 32.4 Å². The predicted octanol–water partition coefficient (Wildman–Crippen LogP) is 0.850. The number of fused-ring (bicyclic) bond motifs is 1. The molecule has 0 aliphatic rings. The summed E-state index contributed by atoms with van der Waals surface area (Å²) >= 11 is 3.41. The van der Waals surface area contributed by atoms with Crippen molar-refractivity contribution in [1.29, 1.82) is 0 Å². The Morgan fingerprint density at radius 2 is 1.82 bits per heavy atom. The van der Waals surface area contributed by atoms with Gasteiger partial charge in [0.1, 0.15) is 0 Å². The van der Waals surface area contributed by atoms with Gasteiger partial charge in [0.15, 0.2) is 18.9 Å². The Bertz CT molecular complexity index is 820. The summed E-state index contributed by atoms with van der Waals surface area (Å²) in [5.41, 5.74) is 1.32. The van der Waals surface area contributed by atoms with Gasteiger partial charge in [-0.15, -0.1) is 0 Å². The highest BCUT2D eigenvalue weighted by atomic mass is 79.9.